The van der Waals surface area contributed by atoms with Crippen LogP contribution in [0.2, 0.25) is 0 Å². The van der Waals surface area contributed by atoms with Gasteiger partial charge in [0.15, 0.2) is 11.6 Å². The summed E-state index contributed by atoms with van der Waals surface area (Å²) in [5, 5.41) is 2.37. The first-order valence-electron chi connectivity index (χ1n) is 9.64. The highest BCUT2D eigenvalue weighted by Gasteiger charge is 2.09. The van der Waals surface area contributed by atoms with E-state index in [1.165, 1.54) is 21.9 Å². The van der Waals surface area contributed by atoms with Gasteiger partial charge in [-0.25, -0.2) is 15.0 Å². The van der Waals surface area contributed by atoms with Crippen molar-refractivity contribution in [2.45, 2.75) is 6.92 Å². The lowest BCUT2D eigenvalue weighted by molar-refractivity contribution is 0.992. The van der Waals surface area contributed by atoms with E-state index in [9.17, 15) is 0 Å². The van der Waals surface area contributed by atoms with Crippen LogP contribution in [0.5, 0.6) is 0 Å². The normalized spacial score (nSPS) is 10.9. The molecule has 0 radical (unpaired) electrons. The summed E-state index contributed by atoms with van der Waals surface area (Å²) in [7, 11) is 0. The molecule has 0 aliphatic heterocycles. The molecule has 4 aromatic carbocycles. The van der Waals surface area contributed by atoms with Gasteiger partial charge >= 0.3 is 0 Å². The van der Waals surface area contributed by atoms with Crippen molar-refractivity contribution in [2.75, 3.05) is 0 Å². The highest BCUT2D eigenvalue weighted by Crippen LogP contribution is 2.28. The second-order valence-electron chi connectivity index (χ2n) is 7.04. The van der Waals surface area contributed by atoms with Crippen LogP contribution in [0.4, 0.5) is 0 Å². The van der Waals surface area contributed by atoms with Gasteiger partial charge in [0.05, 0.1) is 0 Å². The summed E-state index contributed by atoms with van der Waals surface area (Å²) >= 11 is 0. The van der Waals surface area contributed by atoms with Crippen LogP contribution in [0.25, 0.3) is 44.7 Å². The Morgan fingerprint density at radius 2 is 0.966 bits per heavy atom. The predicted molar refractivity (Wildman–Crippen MR) is 118 cm³/mol. The lowest BCUT2D eigenvalue weighted by Crippen LogP contribution is -1.99. The Bertz CT molecular complexity index is 1300. The summed E-state index contributed by atoms with van der Waals surface area (Å²) in [4.78, 5) is 13.8. The first-order chi connectivity index (χ1) is 14.3. The van der Waals surface area contributed by atoms with E-state index in [4.69, 9.17) is 4.98 Å². The van der Waals surface area contributed by atoms with Crippen molar-refractivity contribution in [1.29, 1.82) is 0 Å². The molecule has 0 spiro atoms. The van der Waals surface area contributed by atoms with Crippen LogP contribution in [-0.2, 0) is 0 Å². The fourth-order valence-electron chi connectivity index (χ4n) is 3.52. The molecule has 0 bridgehead atoms. The van der Waals surface area contributed by atoms with Crippen LogP contribution >= 0.6 is 0 Å². The third-order valence-corrected chi connectivity index (χ3v) is 4.98. The molecular weight excluding hydrogens is 354 g/mol. The molecule has 5 aromatic rings. The maximum Gasteiger partial charge on any atom is 0.163 e. The topological polar surface area (TPSA) is 38.7 Å². The Labute approximate surface area is 169 Å². The van der Waals surface area contributed by atoms with Gasteiger partial charge in [-0.1, -0.05) is 84.9 Å². The Kier molecular flexibility index (Phi) is 4.34. The number of hydrogen-bond acceptors (Lipinski definition) is 3. The van der Waals surface area contributed by atoms with Gasteiger partial charge in [0.1, 0.15) is 5.82 Å². The average Bonchev–Trinajstić information content (AvgIpc) is 2.79. The quantitative estimate of drug-likeness (QED) is 0.371. The molecule has 0 aliphatic rings. The summed E-state index contributed by atoms with van der Waals surface area (Å²) in [5.41, 5.74) is 4.42. The number of hydrogen-bond donors (Lipinski definition) is 0. The van der Waals surface area contributed by atoms with E-state index < -0.39 is 0 Å². The zero-order valence-electron chi connectivity index (χ0n) is 16.1. The SMILES string of the molecule is Cc1nc(-c2ccccc2)nc(-c2ccc3cc(-c4ccccc4)ccc3c2)n1. The lowest BCUT2D eigenvalue weighted by Gasteiger charge is -2.08. The minimum absolute atomic E-state index is 0.699. The summed E-state index contributed by atoms with van der Waals surface area (Å²) in [6.07, 6.45) is 0. The third-order valence-electron chi connectivity index (χ3n) is 4.98. The zero-order valence-corrected chi connectivity index (χ0v) is 16.1. The van der Waals surface area contributed by atoms with Gasteiger partial charge in [-0.2, -0.15) is 0 Å². The fourth-order valence-corrected chi connectivity index (χ4v) is 3.52. The molecule has 0 saturated heterocycles. The molecule has 0 N–H and O–H groups in total. The Balaban J connectivity index is 1.57. The minimum atomic E-state index is 0.699. The van der Waals surface area contributed by atoms with Crippen LogP contribution in [-0.4, -0.2) is 15.0 Å². The fraction of sp³-hybridized carbons (Fsp3) is 0.0385. The van der Waals surface area contributed by atoms with Gasteiger partial charge in [0.25, 0.3) is 0 Å². The van der Waals surface area contributed by atoms with Gasteiger partial charge in [0.2, 0.25) is 0 Å². The van der Waals surface area contributed by atoms with E-state index in [2.05, 4.69) is 70.6 Å². The van der Waals surface area contributed by atoms with Crippen molar-refractivity contribution in [3.05, 3.63) is 103 Å². The number of aryl methyl sites for hydroxylation is 1. The number of rotatable bonds is 3. The Hall–Kier alpha value is -3.85. The molecule has 1 heterocycles. The Morgan fingerprint density at radius 3 is 1.62 bits per heavy atom. The third kappa shape index (κ3) is 3.50. The molecule has 0 unspecified atom stereocenters. The Morgan fingerprint density at radius 1 is 0.448 bits per heavy atom. The maximum absolute atomic E-state index is 4.72. The number of nitrogens with zero attached hydrogens (tertiary/aromatic N) is 3. The smallest absolute Gasteiger partial charge is 0.163 e. The molecular formula is C26H19N3. The summed E-state index contributed by atoms with van der Waals surface area (Å²) < 4.78 is 0. The van der Waals surface area contributed by atoms with E-state index in [1.54, 1.807) is 0 Å². The maximum atomic E-state index is 4.72. The molecule has 1 aromatic heterocycles. The largest absolute Gasteiger partial charge is 0.213 e. The number of fused-ring (bicyclic) bond motifs is 1. The molecule has 5 rings (SSSR count). The van der Waals surface area contributed by atoms with Crippen LogP contribution in [0.3, 0.4) is 0 Å². The van der Waals surface area contributed by atoms with Gasteiger partial charge in [-0.05, 0) is 41.0 Å². The molecule has 0 saturated carbocycles. The molecule has 3 nitrogen and oxygen atoms in total. The van der Waals surface area contributed by atoms with Gasteiger partial charge in [-0.3, -0.25) is 0 Å². The van der Waals surface area contributed by atoms with E-state index in [1.807, 2.05) is 43.3 Å². The van der Waals surface area contributed by atoms with Gasteiger partial charge < -0.3 is 0 Å². The minimum Gasteiger partial charge on any atom is -0.213 e. The summed E-state index contributed by atoms with van der Waals surface area (Å²) in [6, 6.07) is 33.4. The number of benzene rings is 4. The van der Waals surface area contributed by atoms with E-state index in [0.717, 1.165) is 11.1 Å². The predicted octanol–water partition coefficient (Wildman–Crippen LogP) is 6.33. The van der Waals surface area contributed by atoms with Crippen molar-refractivity contribution in [3.8, 4) is 33.9 Å². The molecule has 138 valence electrons. The van der Waals surface area contributed by atoms with Gasteiger partial charge in [0, 0.05) is 11.1 Å². The van der Waals surface area contributed by atoms with E-state index in [0.29, 0.717) is 17.5 Å². The van der Waals surface area contributed by atoms with Crippen molar-refractivity contribution in [1.82, 2.24) is 15.0 Å². The molecule has 3 heteroatoms. The highest BCUT2D eigenvalue weighted by atomic mass is 15.0. The van der Waals surface area contributed by atoms with Crippen LogP contribution < -0.4 is 0 Å². The molecule has 29 heavy (non-hydrogen) atoms. The van der Waals surface area contributed by atoms with Crippen LogP contribution in [0, 0.1) is 6.92 Å². The lowest BCUT2D eigenvalue weighted by atomic mass is 10.00. The average molecular weight is 373 g/mol. The van der Waals surface area contributed by atoms with Crippen molar-refractivity contribution in [2.24, 2.45) is 0 Å². The molecule has 0 amide bonds. The zero-order chi connectivity index (χ0) is 19.6. The van der Waals surface area contributed by atoms with Crippen molar-refractivity contribution in [3.63, 3.8) is 0 Å². The molecule has 0 aliphatic carbocycles. The van der Waals surface area contributed by atoms with Gasteiger partial charge in [-0.15, -0.1) is 0 Å². The molecule has 0 fully saturated rings. The second kappa shape index (κ2) is 7.28. The summed E-state index contributed by atoms with van der Waals surface area (Å²) in [5.74, 6) is 2.12. The van der Waals surface area contributed by atoms with Crippen molar-refractivity contribution >= 4 is 10.8 Å². The van der Waals surface area contributed by atoms with E-state index in [-0.39, 0.29) is 0 Å². The second-order valence-corrected chi connectivity index (χ2v) is 7.04. The first-order valence-corrected chi connectivity index (χ1v) is 9.64. The molecule has 0 atom stereocenters. The first kappa shape index (κ1) is 17.3. The van der Waals surface area contributed by atoms with Crippen molar-refractivity contribution < 1.29 is 0 Å². The van der Waals surface area contributed by atoms with E-state index >= 15 is 0 Å². The standard InChI is InChI=1S/C26H19N3/c1-18-27-25(20-10-6-3-7-11-20)29-26(28-18)24-15-14-22-16-21(12-13-23(22)17-24)19-8-4-2-5-9-19/h2-17H,1H3. The highest BCUT2D eigenvalue weighted by molar-refractivity contribution is 5.90. The van der Waals surface area contributed by atoms with Crippen LogP contribution in [0.15, 0.2) is 97.1 Å². The number of aromatic nitrogens is 3. The van der Waals surface area contributed by atoms with Crippen LogP contribution in [0.1, 0.15) is 5.82 Å². The summed E-state index contributed by atoms with van der Waals surface area (Å²) in [6.45, 7) is 1.91. The monoisotopic (exact) mass is 373 g/mol.